The number of hydrogen-bond acceptors (Lipinski definition) is 2. The van der Waals surface area contributed by atoms with Crippen LogP contribution in [0.2, 0.25) is 0 Å². The minimum atomic E-state index is -0.306. The number of carbonyl (C=O) groups excluding carboxylic acids is 1. The summed E-state index contributed by atoms with van der Waals surface area (Å²) in [7, 11) is 0. The predicted octanol–water partition coefficient (Wildman–Crippen LogP) is 3.62. The van der Waals surface area contributed by atoms with Crippen LogP contribution in [-0.2, 0) is 11.2 Å². The predicted molar refractivity (Wildman–Crippen MR) is 77.7 cm³/mol. The highest BCUT2D eigenvalue weighted by atomic mass is 79.9. The molecule has 1 atom stereocenters. The molecule has 0 radical (unpaired) electrons. The van der Waals surface area contributed by atoms with E-state index in [1.54, 1.807) is 12.1 Å². The van der Waals surface area contributed by atoms with E-state index in [4.69, 9.17) is 0 Å². The van der Waals surface area contributed by atoms with Gasteiger partial charge in [0.15, 0.2) is 0 Å². The highest BCUT2D eigenvalue weighted by Gasteiger charge is 2.15. The van der Waals surface area contributed by atoms with Crippen molar-refractivity contribution in [3.8, 4) is 0 Å². The average molecular weight is 328 g/mol. The number of rotatable bonds is 5. The molecule has 0 aliphatic carbocycles. The molecule has 19 heavy (non-hydrogen) atoms. The Morgan fingerprint density at radius 1 is 1.42 bits per heavy atom. The highest BCUT2D eigenvalue weighted by molar-refractivity contribution is 9.10. The summed E-state index contributed by atoms with van der Waals surface area (Å²) >= 11 is 3.20. The zero-order valence-corrected chi connectivity index (χ0v) is 12.5. The van der Waals surface area contributed by atoms with Crippen LogP contribution in [0.15, 0.2) is 22.7 Å². The molecule has 0 spiro atoms. The van der Waals surface area contributed by atoms with Gasteiger partial charge >= 0.3 is 0 Å². The van der Waals surface area contributed by atoms with Crippen LogP contribution in [0.1, 0.15) is 37.7 Å². The Morgan fingerprint density at radius 3 is 3.00 bits per heavy atom. The lowest BCUT2D eigenvalue weighted by Gasteiger charge is -2.23. The molecule has 1 heterocycles. The van der Waals surface area contributed by atoms with E-state index in [1.807, 2.05) is 0 Å². The molecule has 0 aromatic heterocycles. The maximum absolute atomic E-state index is 13.3. The summed E-state index contributed by atoms with van der Waals surface area (Å²) in [5, 5.41) is 3.44. The van der Waals surface area contributed by atoms with Gasteiger partial charge in [-0.3, -0.25) is 4.79 Å². The average Bonchev–Trinajstić information content (AvgIpc) is 2.43. The van der Waals surface area contributed by atoms with E-state index in [2.05, 4.69) is 21.2 Å². The second kappa shape index (κ2) is 7.15. The van der Waals surface area contributed by atoms with E-state index in [9.17, 15) is 9.18 Å². The largest absolute Gasteiger partial charge is 0.314 e. The molecule has 1 aliphatic heterocycles. The molecule has 104 valence electrons. The summed E-state index contributed by atoms with van der Waals surface area (Å²) in [5.74, 6) is -0.127. The second-order valence-electron chi connectivity index (χ2n) is 5.11. The molecule has 0 amide bonds. The Hall–Kier alpha value is -0.740. The van der Waals surface area contributed by atoms with Gasteiger partial charge in [-0.15, -0.1) is 0 Å². The first-order valence-corrected chi connectivity index (χ1v) is 7.64. The van der Waals surface area contributed by atoms with Gasteiger partial charge in [0.05, 0.1) is 4.47 Å². The van der Waals surface area contributed by atoms with Crippen molar-refractivity contribution in [1.82, 2.24) is 5.32 Å². The zero-order chi connectivity index (χ0) is 13.7. The minimum Gasteiger partial charge on any atom is -0.314 e. The van der Waals surface area contributed by atoms with Gasteiger partial charge < -0.3 is 5.32 Å². The van der Waals surface area contributed by atoms with Crippen molar-refractivity contribution in [2.45, 2.75) is 44.6 Å². The Bertz CT molecular complexity index is 444. The number of nitrogens with one attached hydrogen (secondary N) is 1. The van der Waals surface area contributed by atoms with Crippen LogP contribution in [0.3, 0.4) is 0 Å². The smallest absolute Gasteiger partial charge is 0.137 e. The standard InChI is InChI=1S/C15H19BrFNO/c16-15-11(4-3-6-14(15)17)10-13(19)8-7-12-5-1-2-9-18-12/h3-4,6,12,18H,1-2,5,7-10H2. The maximum Gasteiger partial charge on any atom is 0.137 e. The fourth-order valence-electron chi connectivity index (χ4n) is 2.49. The molecule has 1 aromatic carbocycles. The number of benzene rings is 1. The highest BCUT2D eigenvalue weighted by Crippen LogP contribution is 2.21. The number of halogens is 2. The van der Waals surface area contributed by atoms with Gasteiger partial charge in [-0.05, 0) is 53.4 Å². The van der Waals surface area contributed by atoms with E-state index in [1.165, 1.54) is 18.9 Å². The number of piperidine rings is 1. The fourth-order valence-corrected chi connectivity index (χ4v) is 2.90. The van der Waals surface area contributed by atoms with Gasteiger partial charge in [-0.2, -0.15) is 0 Å². The fraction of sp³-hybridized carbons (Fsp3) is 0.533. The minimum absolute atomic E-state index is 0.179. The lowest BCUT2D eigenvalue weighted by Crippen LogP contribution is -2.34. The van der Waals surface area contributed by atoms with Crippen LogP contribution in [0.5, 0.6) is 0 Å². The Balaban J connectivity index is 1.82. The third-order valence-electron chi connectivity index (χ3n) is 3.60. The van der Waals surface area contributed by atoms with Crippen molar-refractivity contribution in [3.63, 3.8) is 0 Å². The molecule has 1 saturated heterocycles. The monoisotopic (exact) mass is 327 g/mol. The van der Waals surface area contributed by atoms with E-state index in [0.717, 1.165) is 24.9 Å². The normalized spacial score (nSPS) is 19.4. The molecule has 0 bridgehead atoms. The topological polar surface area (TPSA) is 29.1 Å². The first-order chi connectivity index (χ1) is 9.16. The van der Waals surface area contributed by atoms with Gasteiger partial charge in [0.25, 0.3) is 0 Å². The molecule has 2 nitrogen and oxygen atoms in total. The molecule has 1 fully saturated rings. The first kappa shape index (κ1) is 14.7. The number of Topliss-reactive ketones (excluding diaryl/α,β-unsaturated/α-hetero) is 1. The van der Waals surface area contributed by atoms with E-state index in [-0.39, 0.29) is 11.6 Å². The molecule has 1 aromatic rings. The van der Waals surface area contributed by atoms with Crippen LogP contribution in [0, 0.1) is 5.82 Å². The van der Waals surface area contributed by atoms with Gasteiger partial charge in [-0.25, -0.2) is 4.39 Å². The number of carbonyl (C=O) groups is 1. The molecule has 1 aliphatic rings. The molecule has 1 N–H and O–H groups in total. The number of hydrogen-bond donors (Lipinski definition) is 1. The molecule has 1 unspecified atom stereocenters. The summed E-state index contributed by atoms with van der Waals surface area (Å²) in [6, 6.07) is 5.31. The van der Waals surface area contributed by atoms with Gasteiger partial charge in [0, 0.05) is 18.9 Å². The van der Waals surface area contributed by atoms with Gasteiger partial charge in [0.1, 0.15) is 11.6 Å². The zero-order valence-electron chi connectivity index (χ0n) is 10.9. The van der Waals surface area contributed by atoms with E-state index >= 15 is 0 Å². The number of ketones is 1. The molecular formula is C15H19BrFNO. The molecule has 4 heteroatoms. The molecule has 0 saturated carbocycles. The lowest BCUT2D eigenvalue weighted by atomic mass is 9.97. The maximum atomic E-state index is 13.3. The lowest BCUT2D eigenvalue weighted by molar-refractivity contribution is -0.118. The second-order valence-corrected chi connectivity index (χ2v) is 5.91. The Kier molecular flexibility index (Phi) is 5.52. The molecule has 2 rings (SSSR count). The van der Waals surface area contributed by atoms with Crippen molar-refractivity contribution in [3.05, 3.63) is 34.1 Å². The van der Waals surface area contributed by atoms with Crippen LogP contribution >= 0.6 is 15.9 Å². The van der Waals surface area contributed by atoms with Crippen LogP contribution in [-0.4, -0.2) is 18.4 Å². The summed E-state index contributed by atoms with van der Waals surface area (Å²) in [4.78, 5) is 11.9. The quantitative estimate of drug-likeness (QED) is 0.894. The van der Waals surface area contributed by atoms with Gasteiger partial charge in [0.2, 0.25) is 0 Å². The third kappa shape index (κ3) is 4.39. The SMILES string of the molecule is O=C(CCC1CCCCN1)Cc1cccc(F)c1Br. The summed E-state index contributed by atoms with van der Waals surface area (Å²) < 4.78 is 13.8. The summed E-state index contributed by atoms with van der Waals surface area (Å²) in [5.41, 5.74) is 0.738. The van der Waals surface area contributed by atoms with Crippen molar-refractivity contribution in [2.75, 3.05) is 6.54 Å². The van der Waals surface area contributed by atoms with Crippen LogP contribution in [0.25, 0.3) is 0 Å². The van der Waals surface area contributed by atoms with Crippen molar-refractivity contribution >= 4 is 21.7 Å². The third-order valence-corrected chi connectivity index (χ3v) is 4.49. The first-order valence-electron chi connectivity index (χ1n) is 6.85. The molecular weight excluding hydrogens is 309 g/mol. The Labute approximate surface area is 121 Å². The van der Waals surface area contributed by atoms with Crippen molar-refractivity contribution in [1.29, 1.82) is 0 Å². The van der Waals surface area contributed by atoms with Crippen molar-refractivity contribution in [2.24, 2.45) is 0 Å². The van der Waals surface area contributed by atoms with Crippen molar-refractivity contribution < 1.29 is 9.18 Å². The van der Waals surface area contributed by atoms with E-state index in [0.29, 0.717) is 23.4 Å². The summed E-state index contributed by atoms with van der Waals surface area (Å²) in [6.07, 6.45) is 5.43. The van der Waals surface area contributed by atoms with Crippen LogP contribution < -0.4 is 5.32 Å². The Morgan fingerprint density at radius 2 is 2.26 bits per heavy atom. The van der Waals surface area contributed by atoms with E-state index < -0.39 is 0 Å². The van der Waals surface area contributed by atoms with Crippen LogP contribution in [0.4, 0.5) is 4.39 Å². The van der Waals surface area contributed by atoms with Gasteiger partial charge in [-0.1, -0.05) is 18.6 Å². The summed E-state index contributed by atoms with van der Waals surface area (Å²) in [6.45, 7) is 1.06.